The molecule has 1 unspecified atom stereocenters. The minimum atomic E-state index is -0.361. The third-order valence-electron chi connectivity index (χ3n) is 2.88. The van der Waals surface area contributed by atoms with Crippen LogP contribution in [0.2, 0.25) is 0 Å². The van der Waals surface area contributed by atoms with Crippen molar-refractivity contribution >= 4 is 11.8 Å². The van der Waals surface area contributed by atoms with E-state index in [-0.39, 0.29) is 36.6 Å². The van der Waals surface area contributed by atoms with Crippen LogP contribution < -0.4 is 10.6 Å². The van der Waals surface area contributed by atoms with Gasteiger partial charge in [-0.1, -0.05) is 13.8 Å². The van der Waals surface area contributed by atoms with Gasteiger partial charge in [0.2, 0.25) is 11.7 Å². The first kappa shape index (κ1) is 16.1. The highest BCUT2D eigenvalue weighted by molar-refractivity contribution is 5.90. The number of aromatic nitrogens is 3. The zero-order valence-corrected chi connectivity index (χ0v) is 12.3. The summed E-state index contributed by atoms with van der Waals surface area (Å²) in [5.74, 6) is 0.393. The lowest BCUT2D eigenvalue weighted by Crippen LogP contribution is -2.35. The average Bonchev–Trinajstić information content (AvgIpc) is 2.87. The normalized spacial score (nSPS) is 11.9. The highest BCUT2D eigenvalue weighted by atomic mass is 16.2. The molecule has 1 rings (SSSR count). The van der Waals surface area contributed by atoms with Gasteiger partial charge >= 0.3 is 0 Å². The van der Waals surface area contributed by atoms with Crippen LogP contribution in [0, 0.1) is 0 Å². The van der Waals surface area contributed by atoms with Gasteiger partial charge in [-0.25, -0.2) is 4.98 Å². The number of nitrogens with zero attached hydrogens (tertiary/aromatic N) is 2. The van der Waals surface area contributed by atoms with Crippen LogP contribution in [0.1, 0.15) is 56.5 Å². The first-order chi connectivity index (χ1) is 9.56. The maximum Gasteiger partial charge on any atom is 0.290 e. The maximum atomic E-state index is 11.7. The zero-order valence-electron chi connectivity index (χ0n) is 12.3. The molecule has 0 aliphatic heterocycles. The van der Waals surface area contributed by atoms with Crippen molar-refractivity contribution in [3.63, 3.8) is 0 Å². The van der Waals surface area contributed by atoms with Crippen LogP contribution in [0.4, 0.5) is 0 Å². The molecule has 1 aromatic heterocycles. The molecule has 1 heterocycles. The number of hydrogen-bond donors (Lipinski definition) is 3. The molecule has 0 saturated carbocycles. The summed E-state index contributed by atoms with van der Waals surface area (Å²) >= 11 is 0. The minimum Gasteiger partial charge on any atom is -0.354 e. The molecule has 3 N–H and O–H groups in total. The first-order valence-electron chi connectivity index (χ1n) is 7.05. The quantitative estimate of drug-likeness (QED) is 0.656. The van der Waals surface area contributed by atoms with E-state index in [4.69, 9.17) is 0 Å². The fraction of sp³-hybridized carbons (Fsp3) is 0.692. The Balaban J connectivity index is 2.30. The Labute approximate surface area is 118 Å². The second-order valence-corrected chi connectivity index (χ2v) is 4.74. The topological polar surface area (TPSA) is 99.8 Å². The van der Waals surface area contributed by atoms with Crippen LogP contribution in [0.5, 0.6) is 0 Å². The van der Waals surface area contributed by atoms with Gasteiger partial charge in [-0.05, 0) is 19.8 Å². The van der Waals surface area contributed by atoms with E-state index in [9.17, 15) is 9.59 Å². The Morgan fingerprint density at radius 2 is 2.10 bits per heavy atom. The third kappa shape index (κ3) is 5.38. The standard InChI is InChI=1S/C13H23N5O2/c1-4-6-10-16-12(18-17-10)13(20)14-8-7-11(19)15-9(3)5-2/h9H,4-8H2,1-3H3,(H,14,20)(H,15,19)(H,16,17,18). The van der Waals surface area contributed by atoms with Crippen LogP contribution in [0.3, 0.4) is 0 Å². The van der Waals surface area contributed by atoms with Gasteiger partial charge < -0.3 is 10.6 Å². The fourth-order valence-corrected chi connectivity index (χ4v) is 1.56. The van der Waals surface area contributed by atoms with Crippen molar-refractivity contribution in [1.29, 1.82) is 0 Å². The van der Waals surface area contributed by atoms with Crippen molar-refractivity contribution in [3.05, 3.63) is 11.6 Å². The number of carbonyl (C=O) groups excluding carboxylic acids is 2. The van der Waals surface area contributed by atoms with E-state index in [0.717, 1.165) is 19.3 Å². The van der Waals surface area contributed by atoms with E-state index in [1.807, 2.05) is 20.8 Å². The minimum absolute atomic E-state index is 0.0682. The van der Waals surface area contributed by atoms with Gasteiger partial charge in [-0.15, -0.1) is 5.10 Å². The largest absolute Gasteiger partial charge is 0.354 e. The second-order valence-electron chi connectivity index (χ2n) is 4.74. The molecule has 20 heavy (non-hydrogen) atoms. The van der Waals surface area contributed by atoms with Crippen molar-refractivity contribution in [2.45, 2.75) is 52.5 Å². The number of hydrogen-bond acceptors (Lipinski definition) is 4. The summed E-state index contributed by atoms with van der Waals surface area (Å²) in [5.41, 5.74) is 0. The van der Waals surface area contributed by atoms with Gasteiger partial charge in [0.15, 0.2) is 0 Å². The van der Waals surface area contributed by atoms with Crippen molar-refractivity contribution < 1.29 is 9.59 Å². The Morgan fingerprint density at radius 3 is 2.75 bits per heavy atom. The molecular weight excluding hydrogens is 258 g/mol. The maximum absolute atomic E-state index is 11.7. The van der Waals surface area contributed by atoms with Crippen LogP contribution in [0.15, 0.2) is 0 Å². The molecule has 112 valence electrons. The SMILES string of the molecule is CCCc1nc(C(=O)NCCC(=O)NC(C)CC)n[nH]1. The van der Waals surface area contributed by atoms with Crippen LogP contribution in [-0.4, -0.2) is 39.6 Å². The second kappa shape index (κ2) is 8.29. The summed E-state index contributed by atoms with van der Waals surface area (Å²) < 4.78 is 0. The molecule has 1 aromatic rings. The number of aryl methyl sites for hydroxylation is 1. The zero-order chi connectivity index (χ0) is 15.0. The number of amides is 2. The molecule has 0 bridgehead atoms. The van der Waals surface area contributed by atoms with Crippen molar-refractivity contribution in [1.82, 2.24) is 25.8 Å². The number of aromatic amines is 1. The first-order valence-corrected chi connectivity index (χ1v) is 7.05. The predicted octanol–water partition coefficient (Wildman–Crippen LogP) is 0.792. The molecule has 0 fully saturated rings. The molecule has 0 saturated heterocycles. The van der Waals surface area contributed by atoms with Gasteiger partial charge in [0.25, 0.3) is 5.91 Å². The van der Waals surface area contributed by atoms with Crippen LogP contribution in [-0.2, 0) is 11.2 Å². The van der Waals surface area contributed by atoms with Crippen molar-refractivity contribution in [2.24, 2.45) is 0 Å². The highest BCUT2D eigenvalue weighted by Gasteiger charge is 2.12. The Hall–Kier alpha value is -1.92. The molecule has 0 spiro atoms. The average molecular weight is 281 g/mol. The van der Waals surface area contributed by atoms with E-state index in [1.54, 1.807) is 0 Å². The van der Waals surface area contributed by atoms with E-state index in [2.05, 4.69) is 25.8 Å². The van der Waals surface area contributed by atoms with E-state index >= 15 is 0 Å². The molecule has 0 aliphatic rings. The molecule has 2 amide bonds. The van der Waals surface area contributed by atoms with E-state index in [0.29, 0.717) is 5.82 Å². The van der Waals surface area contributed by atoms with Gasteiger partial charge in [-0.3, -0.25) is 14.7 Å². The number of H-pyrrole nitrogens is 1. The summed E-state index contributed by atoms with van der Waals surface area (Å²) in [7, 11) is 0. The molecule has 0 radical (unpaired) electrons. The van der Waals surface area contributed by atoms with Crippen molar-refractivity contribution in [3.8, 4) is 0 Å². The Bertz CT molecular complexity index is 444. The summed E-state index contributed by atoms with van der Waals surface area (Å²) in [5, 5.41) is 12.0. The molecule has 1 atom stereocenters. The predicted molar refractivity (Wildman–Crippen MR) is 75.2 cm³/mol. The summed E-state index contributed by atoms with van der Waals surface area (Å²) in [6.45, 7) is 6.25. The Morgan fingerprint density at radius 1 is 1.35 bits per heavy atom. The van der Waals surface area contributed by atoms with Crippen LogP contribution >= 0.6 is 0 Å². The van der Waals surface area contributed by atoms with E-state index in [1.165, 1.54) is 0 Å². The fourth-order valence-electron chi connectivity index (χ4n) is 1.56. The molecule has 7 heteroatoms. The van der Waals surface area contributed by atoms with Gasteiger partial charge in [0.05, 0.1) is 0 Å². The van der Waals surface area contributed by atoms with Gasteiger partial charge in [0, 0.05) is 25.4 Å². The highest BCUT2D eigenvalue weighted by Crippen LogP contribution is 1.96. The van der Waals surface area contributed by atoms with Crippen molar-refractivity contribution in [2.75, 3.05) is 6.54 Å². The molecule has 7 nitrogen and oxygen atoms in total. The van der Waals surface area contributed by atoms with Gasteiger partial charge in [-0.2, -0.15) is 0 Å². The lowest BCUT2D eigenvalue weighted by Gasteiger charge is -2.11. The molecule has 0 aliphatic carbocycles. The Kier molecular flexibility index (Phi) is 6.69. The molecular formula is C13H23N5O2. The number of nitrogens with one attached hydrogen (secondary N) is 3. The number of rotatable bonds is 8. The van der Waals surface area contributed by atoms with Gasteiger partial charge in [0.1, 0.15) is 5.82 Å². The lowest BCUT2D eigenvalue weighted by molar-refractivity contribution is -0.121. The summed E-state index contributed by atoms with van der Waals surface area (Å²) in [4.78, 5) is 27.3. The number of carbonyl (C=O) groups is 2. The van der Waals surface area contributed by atoms with Crippen LogP contribution in [0.25, 0.3) is 0 Å². The smallest absolute Gasteiger partial charge is 0.290 e. The summed E-state index contributed by atoms with van der Waals surface area (Å²) in [6, 6.07) is 0.155. The monoisotopic (exact) mass is 281 g/mol. The van der Waals surface area contributed by atoms with E-state index < -0.39 is 0 Å². The lowest BCUT2D eigenvalue weighted by atomic mass is 10.2. The third-order valence-corrected chi connectivity index (χ3v) is 2.88. The molecule has 0 aromatic carbocycles. The summed E-state index contributed by atoms with van der Waals surface area (Å²) in [6.07, 6.45) is 2.83.